The lowest BCUT2D eigenvalue weighted by molar-refractivity contribution is -0.117. The van der Waals surface area contributed by atoms with Gasteiger partial charge in [0.25, 0.3) is 0 Å². The number of nitrogens with zero attached hydrogens (tertiary/aromatic N) is 4. The first-order valence-corrected chi connectivity index (χ1v) is 9.03. The van der Waals surface area contributed by atoms with Crippen molar-refractivity contribution in [1.82, 2.24) is 30.4 Å². The highest BCUT2D eigenvalue weighted by Gasteiger charge is 2.15. The molecule has 0 saturated carbocycles. The van der Waals surface area contributed by atoms with Crippen LogP contribution in [0, 0.1) is 5.92 Å². The van der Waals surface area contributed by atoms with Crippen LogP contribution in [0.3, 0.4) is 0 Å². The van der Waals surface area contributed by atoms with Gasteiger partial charge in [0.15, 0.2) is 11.0 Å². The van der Waals surface area contributed by atoms with Crippen molar-refractivity contribution >= 4 is 23.7 Å². The van der Waals surface area contributed by atoms with E-state index in [0.29, 0.717) is 24.2 Å². The standard InChI is InChI=1S/C16H22N6O2S/c1-4-22-14(12-5-7-17-8-6-12)20-21-16(22)25-10-13(23)19-15(24)18-9-11(2)3/h5-8,11H,4,9-10H2,1-3H3,(H2,18,19,23,24). The van der Waals surface area contributed by atoms with Crippen LogP contribution in [0.15, 0.2) is 29.7 Å². The Labute approximate surface area is 150 Å². The van der Waals surface area contributed by atoms with Crippen LogP contribution >= 0.6 is 11.8 Å². The molecule has 2 rings (SSSR count). The first-order valence-electron chi connectivity index (χ1n) is 8.05. The number of imide groups is 1. The predicted octanol–water partition coefficient (Wildman–Crippen LogP) is 1.93. The molecular formula is C16H22N6O2S. The molecule has 0 atom stereocenters. The summed E-state index contributed by atoms with van der Waals surface area (Å²) >= 11 is 1.24. The number of thioether (sulfide) groups is 1. The summed E-state index contributed by atoms with van der Waals surface area (Å²) in [6.07, 6.45) is 3.39. The third-order valence-corrected chi connectivity index (χ3v) is 4.19. The molecule has 2 aromatic heterocycles. The van der Waals surface area contributed by atoms with E-state index >= 15 is 0 Å². The van der Waals surface area contributed by atoms with E-state index in [2.05, 4.69) is 25.8 Å². The third-order valence-electron chi connectivity index (χ3n) is 3.23. The van der Waals surface area contributed by atoms with Crippen LogP contribution in [0.4, 0.5) is 4.79 Å². The largest absolute Gasteiger partial charge is 0.338 e. The molecule has 0 unspecified atom stereocenters. The average Bonchev–Trinajstić information content (AvgIpc) is 3.02. The van der Waals surface area contributed by atoms with E-state index in [1.54, 1.807) is 12.4 Å². The minimum absolute atomic E-state index is 0.0869. The van der Waals surface area contributed by atoms with Gasteiger partial charge in [0, 0.05) is 31.0 Å². The van der Waals surface area contributed by atoms with Crippen molar-refractivity contribution in [3.63, 3.8) is 0 Å². The fourth-order valence-corrected chi connectivity index (χ4v) is 2.83. The van der Waals surface area contributed by atoms with Gasteiger partial charge in [0.1, 0.15) is 0 Å². The zero-order chi connectivity index (χ0) is 18.2. The number of pyridine rings is 1. The topological polar surface area (TPSA) is 102 Å². The second kappa shape index (κ2) is 9.16. The van der Waals surface area contributed by atoms with Crippen molar-refractivity contribution in [2.75, 3.05) is 12.3 Å². The fraction of sp³-hybridized carbons (Fsp3) is 0.438. The molecule has 0 saturated heterocycles. The normalized spacial score (nSPS) is 10.7. The minimum Gasteiger partial charge on any atom is -0.338 e. The van der Waals surface area contributed by atoms with Gasteiger partial charge in [-0.1, -0.05) is 25.6 Å². The molecule has 0 radical (unpaired) electrons. The number of rotatable bonds is 7. The Morgan fingerprint density at radius 3 is 2.60 bits per heavy atom. The van der Waals surface area contributed by atoms with E-state index in [1.807, 2.05) is 37.5 Å². The van der Waals surface area contributed by atoms with Crippen molar-refractivity contribution in [2.45, 2.75) is 32.5 Å². The van der Waals surface area contributed by atoms with E-state index < -0.39 is 6.03 Å². The molecule has 2 aromatic rings. The number of carbonyl (C=O) groups excluding carboxylic acids is 2. The summed E-state index contributed by atoms with van der Waals surface area (Å²) in [5.74, 6) is 0.763. The maximum absolute atomic E-state index is 11.9. The molecule has 0 spiro atoms. The number of hydrogen-bond donors (Lipinski definition) is 2. The summed E-state index contributed by atoms with van der Waals surface area (Å²) < 4.78 is 1.92. The second-order valence-corrected chi connectivity index (χ2v) is 6.67. The fourth-order valence-electron chi connectivity index (χ4n) is 2.03. The molecular weight excluding hydrogens is 340 g/mol. The molecule has 0 aliphatic heterocycles. The SMILES string of the molecule is CCn1c(SCC(=O)NC(=O)NCC(C)C)nnc1-c1ccncc1. The summed E-state index contributed by atoms with van der Waals surface area (Å²) in [6.45, 7) is 7.14. The zero-order valence-electron chi connectivity index (χ0n) is 14.5. The van der Waals surface area contributed by atoms with E-state index in [-0.39, 0.29) is 11.7 Å². The first-order chi connectivity index (χ1) is 12.0. The Morgan fingerprint density at radius 2 is 1.96 bits per heavy atom. The highest BCUT2D eigenvalue weighted by Crippen LogP contribution is 2.23. The maximum atomic E-state index is 11.9. The van der Waals surface area contributed by atoms with Crippen LogP contribution in [0.5, 0.6) is 0 Å². The van der Waals surface area contributed by atoms with Gasteiger partial charge >= 0.3 is 6.03 Å². The van der Waals surface area contributed by atoms with Crippen LogP contribution in [0.1, 0.15) is 20.8 Å². The van der Waals surface area contributed by atoms with Gasteiger partial charge in [-0.25, -0.2) is 4.79 Å². The second-order valence-electron chi connectivity index (χ2n) is 5.73. The highest BCUT2D eigenvalue weighted by atomic mass is 32.2. The van der Waals surface area contributed by atoms with Crippen molar-refractivity contribution in [3.8, 4) is 11.4 Å². The number of nitrogens with one attached hydrogen (secondary N) is 2. The zero-order valence-corrected chi connectivity index (χ0v) is 15.3. The molecule has 2 heterocycles. The van der Waals surface area contributed by atoms with Gasteiger partial charge in [0.2, 0.25) is 5.91 Å². The molecule has 8 nitrogen and oxygen atoms in total. The van der Waals surface area contributed by atoms with Crippen LogP contribution in [-0.2, 0) is 11.3 Å². The van der Waals surface area contributed by atoms with Crippen LogP contribution in [-0.4, -0.2) is 44.0 Å². The van der Waals surface area contributed by atoms with E-state index in [1.165, 1.54) is 11.8 Å². The summed E-state index contributed by atoms with van der Waals surface area (Å²) in [6, 6.07) is 3.24. The monoisotopic (exact) mass is 362 g/mol. The highest BCUT2D eigenvalue weighted by molar-refractivity contribution is 7.99. The summed E-state index contributed by atoms with van der Waals surface area (Å²) in [4.78, 5) is 27.5. The maximum Gasteiger partial charge on any atom is 0.321 e. The number of aromatic nitrogens is 4. The molecule has 9 heteroatoms. The van der Waals surface area contributed by atoms with Crippen LogP contribution in [0.25, 0.3) is 11.4 Å². The molecule has 2 N–H and O–H groups in total. The Hall–Kier alpha value is -2.42. The Kier molecular flexibility index (Phi) is 6.93. The molecule has 0 fully saturated rings. The van der Waals surface area contributed by atoms with Crippen LogP contribution in [0.2, 0.25) is 0 Å². The van der Waals surface area contributed by atoms with Crippen molar-refractivity contribution in [3.05, 3.63) is 24.5 Å². The molecule has 134 valence electrons. The third kappa shape index (κ3) is 5.56. The summed E-state index contributed by atoms with van der Waals surface area (Å²) in [5, 5.41) is 13.9. The van der Waals surface area contributed by atoms with Gasteiger partial charge in [-0.05, 0) is 25.0 Å². The number of urea groups is 1. The smallest absolute Gasteiger partial charge is 0.321 e. The lowest BCUT2D eigenvalue weighted by atomic mass is 10.2. The molecule has 0 aliphatic rings. The molecule has 0 bridgehead atoms. The number of hydrogen-bond acceptors (Lipinski definition) is 6. The Bertz CT molecular complexity index is 717. The van der Waals surface area contributed by atoms with E-state index in [9.17, 15) is 9.59 Å². The lowest BCUT2D eigenvalue weighted by Crippen LogP contribution is -2.41. The Balaban J connectivity index is 1.94. The van der Waals surface area contributed by atoms with E-state index in [0.717, 1.165) is 11.4 Å². The van der Waals surface area contributed by atoms with Gasteiger partial charge < -0.3 is 9.88 Å². The summed E-state index contributed by atoms with van der Waals surface area (Å²) in [5.41, 5.74) is 0.911. The van der Waals surface area contributed by atoms with Crippen molar-refractivity contribution in [2.24, 2.45) is 5.92 Å². The van der Waals surface area contributed by atoms with Crippen molar-refractivity contribution < 1.29 is 9.59 Å². The predicted molar refractivity (Wildman–Crippen MR) is 96.0 cm³/mol. The first kappa shape index (κ1) is 18.9. The number of amides is 3. The van der Waals surface area contributed by atoms with E-state index in [4.69, 9.17) is 0 Å². The minimum atomic E-state index is -0.478. The molecule has 3 amide bonds. The van der Waals surface area contributed by atoms with Crippen molar-refractivity contribution in [1.29, 1.82) is 0 Å². The molecule has 0 aliphatic carbocycles. The van der Waals surface area contributed by atoms with Gasteiger partial charge in [-0.15, -0.1) is 10.2 Å². The van der Waals surface area contributed by atoms with Gasteiger partial charge in [-0.2, -0.15) is 0 Å². The molecule has 25 heavy (non-hydrogen) atoms. The number of carbonyl (C=O) groups is 2. The molecule has 0 aromatic carbocycles. The van der Waals surface area contributed by atoms with Gasteiger partial charge in [0.05, 0.1) is 5.75 Å². The lowest BCUT2D eigenvalue weighted by Gasteiger charge is -2.09. The van der Waals surface area contributed by atoms with Gasteiger partial charge in [-0.3, -0.25) is 15.1 Å². The quantitative estimate of drug-likeness (QED) is 0.730. The average molecular weight is 362 g/mol. The Morgan fingerprint density at radius 1 is 1.24 bits per heavy atom. The van der Waals surface area contributed by atoms with Crippen LogP contribution < -0.4 is 10.6 Å². The summed E-state index contributed by atoms with van der Waals surface area (Å²) in [7, 11) is 0.